The van der Waals surface area contributed by atoms with Crippen molar-refractivity contribution < 1.29 is 14.3 Å². The zero-order valence-corrected chi connectivity index (χ0v) is 17.3. The lowest BCUT2D eigenvalue weighted by atomic mass is 9.92. The summed E-state index contributed by atoms with van der Waals surface area (Å²) in [5, 5.41) is 7.70. The fourth-order valence-electron chi connectivity index (χ4n) is 3.35. The first-order chi connectivity index (χ1) is 16.2. The maximum Gasteiger partial charge on any atom is 0.422 e. The second-order valence-corrected chi connectivity index (χ2v) is 6.81. The van der Waals surface area contributed by atoms with Gasteiger partial charge in [-0.05, 0) is 34.3 Å². The van der Waals surface area contributed by atoms with Crippen LogP contribution in [0.25, 0.3) is 26.4 Å². The molecule has 1 unspecified atom stereocenters. The Morgan fingerprint density at radius 2 is 1.12 bits per heavy atom. The Labute approximate surface area is 188 Å². The van der Waals surface area contributed by atoms with E-state index in [4.69, 9.17) is 4.74 Å². The highest BCUT2D eigenvalue weighted by Crippen LogP contribution is 2.35. The van der Waals surface area contributed by atoms with Crippen molar-refractivity contribution in [3.63, 3.8) is 0 Å². The number of esters is 1. The molecule has 33 heavy (non-hydrogen) atoms. The first kappa shape index (κ1) is 22.8. The van der Waals surface area contributed by atoms with Crippen LogP contribution < -0.4 is 0 Å². The molecule has 3 aromatic carbocycles. The van der Waals surface area contributed by atoms with Gasteiger partial charge in [0, 0.05) is 9.82 Å². The van der Waals surface area contributed by atoms with E-state index < -0.39 is 24.2 Å². The predicted molar refractivity (Wildman–Crippen MR) is 121 cm³/mol. The third-order valence-corrected chi connectivity index (χ3v) is 4.84. The molecule has 0 spiro atoms. The summed E-state index contributed by atoms with van der Waals surface area (Å²) in [6.45, 7) is 0. The third kappa shape index (κ3) is 5.64. The summed E-state index contributed by atoms with van der Waals surface area (Å²) in [6.07, 6.45) is -1.24. The van der Waals surface area contributed by atoms with E-state index in [2.05, 4.69) is 24.8 Å². The highest BCUT2D eigenvalue weighted by Gasteiger charge is 2.37. The Morgan fingerprint density at radius 3 is 1.52 bits per heavy atom. The van der Waals surface area contributed by atoms with Gasteiger partial charge in [-0.25, -0.2) is 4.79 Å². The monoisotopic (exact) mass is 438 g/mol. The minimum atomic E-state index is -1.24. The average Bonchev–Trinajstić information content (AvgIpc) is 2.87. The van der Waals surface area contributed by atoms with Gasteiger partial charge in [0.2, 0.25) is 0 Å². The summed E-state index contributed by atoms with van der Waals surface area (Å²) >= 11 is 0. The van der Waals surface area contributed by atoms with Crippen LogP contribution in [-0.2, 0) is 9.53 Å². The fourth-order valence-corrected chi connectivity index (χ4v) is 3.35. The molecule has 0 radical (unpaired) electrons. The van der Waals surface area contributed by atoms with Crippen molar-refractivity contribution in [1.82, 2.24) is 0 Å². The molecule has 0 fully saturated rings. The first-order valence-corrected chi connectivity index (χ1v) is 9.86. The van der Waals surface area contributed by atoms with Crippen LogP contribution in [0, 0.1) is 0 Å². The lowest BCUT2D eigenvalue weighted by Gasteiger charge is -2.28. The maximum absolute atomic E-state index is 13.1. The number of hydrogen-bond donors (Lipinski definition) is 0. The summed E-state index contributed by atoms with van der Waals surface area (Å²) in [4.78, 5) is 22.0. The normalized spacial score (nSPS) is 12.6. The van der Waals surface area contributed by atoms with Crippen molar-refractivity contribution in [2.75, 3.05) is 0 Å². The van der Waals surface area contributed by atoms with E-state index in [1.807, 2.05) is 0 Å². The van der Waals surface area contributed by atoms with E-state index in [1.54, 1.807) is 91.0 Å². The number of hydrogen-bond acceptors (Lipinski definition) is 4. The number of carbonyl (C=O) groups is 1. The standard InChI is InChI=1S/C23H18N8O2/c24-27-21(18-14-8-3-9-15-18)23(32)33-22(19(28-30-25)16-10-4-1-5-11-16)20(29-31-26)17-12-6-2-7-13-17/h1-15,19-20,22H/t19-,20+,22?. The maximum atomic E-state index is 13.1. The largest absolute Gasteiger partial charge is 0.452 e. The number of azide groups is 2. The van der Waals surface area contributed by atoms with E-state index in [1.165, 1.54) is 0 Å². The Balaban J connectivity index is 2.11. The lowest BCUT2D eigenvalue weighted by molar-refractivity contribution is -0.147. The van der Waals surface area contributed by atoms with Crippen LogP contribution in [0.1, 0.15) is 28.8 Å². The van der Waals surface area contributed by atoms with E-state index in [0.29, 0.717) is 16.7 Å². The summed E-state index contributed by atoms with van der Waals surface area (Å²) in [5.74, 6) is -0.975. The molecule has 0 heterocycles. The second-order valence-electron chi connectivity index (χ2n) is 6.81. The molecule has 0 N–H and O–H groups in total. The van der Waals surface area contributed by atoms with Gasteiger partial charge in [-0.2, -0.15) is 4.79 Å². The van der Waals surface area contributed by atoms with Crippen molar-refractivity contribution >= 4 is 11.7 Å². The topological polar surface area (TPSA) is 160 Å². The van der Waals surface area contributed by atoms with Gasteiger partial charge in [-0.15, -0.1) is 0 Å². The van der Waals surface area contributed by atoms with Gasteiger partial charge in [0.05, 0.1) is 5.56 Å². The molecule has 3 atom stereocenters. The fraction of sp³-hybridized carbons (Fsp3) is 0.130. The Bertz CT molecular complexity index is 1170. The zero-order chi connectivity index (χ0) is 23.5. The molecule has 0 saturated heterocycles. The van der Waals surface area contributed by atoms with E-state index in [9.17, 15) is 21.4 Å². The Hall–Kier alpha value is -4.87. The number of ether oxygens (including phenoxy) is 1. The van der Waals surface area contributed by atoms with Crippen molar-refractivity contribution in [2.24, 2.45) is 10.2 Å². The van der Waals surface area contributed by atoms with Crippen molar-refractivity contribution in [1.29, 1.82) is 0 Å². The average molecular weight is 438 g/mol. The van der Waals surface area contributed by atoms with Crippen molar-refractivity contribution in [3.05, 3.63) is 134 Å². The van der Waals surface area contributed by atoms with Gasteiger partial charge < -0.3 is 10.3 Å². The molecule has 0 aliphatic heterocycles. The molecular weight excluding hydrogens is 420 g/mol. The summed E-state index contributed by atoms with van der Waals surface area (Å²) in [7, 11) is 0. The molecule has 3 aromatic rings. The molecule has 0 aromatic heterocycles. The van der Waals surface area contributed by atoms with Crippen LogP contribution in [0.2, 0.25) is 0 Å². The minimum absolute atomic E-state index is 0.323. The third-order valence-electron chi connectivity index (χ3n) is 4.84. The molecular formula is C23H18N8O2. The molecule has 0 aliphatic carbocycles. The van der Waals surface area contributed by atoms with Crippen molar-refractivity contribution in [2.45, 2.75) is 18.2 Å². The van der Waals surface area contributed by atoms with Crippen LogP contribution in [0.4, 0.5) is 0 Å². The van der Waals surface area contributed by atoms with Gasteiger partial charge in [-0.1, -0.05) is 89.1 Å². The predicted octanol–water partition coefficient (Wildman–Crippen LogP) is 5.72. The summed E-state index contributed by atoms with van der Waals surface area (Å²) < 4.78 is 5.74. The SMILES string of the molecule is [N-]=[N+]=N[C@H](c1ccccc1)C(OC(=O)C(=[N+]=[N-])c1ccccc1)[C@@H](N=[N+]=[N-])c1ccccc1. The molecule has 0 bridgehead atoms. The van der Waals surface area contributed by atoms with Crippen LogP contribution in [0.5, 0.6) is 0 Å². The molecule has 10 heteroatoms. The van der Waals surface area contributed by atoms with Crippen LogP contribution in [-0.4, -0.2) is 22.6 Å². The molecule has 0 amide bonds. The Kier molecular flexibility index (Phi) is 7.95. The number of carbonyl (C=O) groups excluding carboxylic acids is 1. The number of benzene rings is 3. The first-order valence-electron chi connectivity index (χ1n) is 9.86. The van der Waals surface area contributed by atoms with Gasteiger partial charge in [0.15, 0.2) is 0 Å². The summed E-state index contributed by atoms with van der Waals surface area (Å²) in [6, 6.07) is 23.5. The quantitative estimate of drug-likeness (QED) is 0.137. The number of rotatable bonds is 9. The van der Waals surface area contributed by atoms with Gasteiger partial charge in [-0.3, -0.25) is 0 Å². The lowest BCUT2D eigenvalue weighted by Crippen LogP contribution is -2.33. The Morgan fingerprint density at radius 1 is 0.697 bits per heavy atom. The van der Waals surface area contributed by atoms with Gasteiger partial charge >= 0.3 is 11.7 Å². The molecule has 3 rings (SSSR count). The van der Waals surface area contributed by atoms with E-state index in [0.717, 1.165) is 0 Å². The molecule has 0 aliphatic rings. The van der Waals surface area contributed by atoms with E-state index >= 15 is 0 Å². The van der Waals surface area contributed by atoms with Gasteiger partial charge in [0.25, 0.3) is 0 Å². The zero-order valence-electron chi connectivity index (χ0n) is 17.3. The highest BCUT2D eigenvalue weighted by molar-refractivity contribution is 6.40. The number of nitrogens with zero attached hydrogens (tertiary/aromatic N) is 8. The second kappa shape index (κ2) is 11.5. The van der Waals surface area contributed by atoms with Gasteiger partial charge in [0.1, 0.15) is 18.2 Å². The molecule has 162 valence electrons. The summed E-state index contributed by atoms with van der Waals surface area (Å²) in [5.41, 5.74) is 29.1. The minimum Gasteiger partial charge on any atom is -0.452 e. The molecule has 0 saturated carbocycles. The van der Waals surface area contributed by atoms with Crippen LogP contribution >= 0.6 is 0 Å². The van der Waals surface area contributed by atoms with Crippen LogP contribution in [0.3, 0.4) is 0 Å². The smallest absolute Gasteiger partial charge is 0.422 e. The van der Waals surface area contributed by atoms with E-state index in [-0.39, 0.29) is 5.71 Å². The highest BCUT2D eigenvalue weighted by atomic mass is 16.5. The van der Waals surface area contributed by atoms with Crippen LogP contribution in [0.15, 0.2) is 101 Å². The van der Waals surface area contributed by atoms with Crippen molar-refractivity contribution in [3.8, 4) is 0 Å². The molecule has 10 nitrogen and oxygen atoms in total.